The minimum Gasteiger partial charge on any atom is -0.497 e. The molecule has 2 aromatic carbocycles. The molecule has 2 aliphatic heterocycles. The number of carbonyl (C=O) groups excluding carboxylic acids is 1. The summed E-state index contributed by atoms with van der Waals surface area (Å²) in [6.07, 6.45) is 3.82. The molecule has 0 atom stereocenters. The summed E-state index contributed by atoms with van der Waals surface area (Å²) in [5, 5.41) is 5.57. The van der Waals surface area contributed by atoms with Gasteiger partial charge >= 0.3 is 0 Å². The van der Waals surface area contributed by atoms with E-state index in [9.17, 15) is 4.79 Å². The Morgan fingerprint density at radius 1 is 1.09 bits per heavy atom. The molecule has 1 amide bonds. The molecule has 162 valence electrons. The third kappa shape index (κ3) is 4.19. The van der Waals surface area contributed by atoms with E-state index in [4.69, 9.17) is 14.6 Å². The fourth-order valence-corrected chi connectivity index (χ4v) is 4.59. The van der Waals surface area contributed by atoms with Crippen molar-refractivity contribution in [2.75, 3.05) is 33.4 Å². The molecule has 0 aliphatic carbocycles. The maximum absolute atomic E-state index is 12.7. The molecule has 0 spiro atoms. The number of para-hydroxylation sites is 1. The monoisotopic (exact) mass is 446 g/mol. The van der Waals surface area contributed by atoms with Crippen LogP contribution in [-0.4, -0.2) is 59.2 Å². The van der Waals surface area contributed by atoms with E-state index >= 15 is 0 Å². The van der Waals surface area contributed by atoms with Crippen LogP contribution in [0, 0.1) is 0 Å². The number of thioether (sulfide) groups is 1. The van der Waals surface area contributed by atoms with E-state index in [1.54, 1.807) is 7.11 Å². The lowest BCUT2D eigenvalue weighted by Gasteiger charge is -2.27. The van der Waals surface area contributed by atoms with Crippen molar-refractivity contribution in [2.24, 2.45) is 4.99 Å². The maximum Gasteiger partial charge on any atom is 0.286 e. The van der Waals surface area contributed by atoms with E-state index in [1.807, 2.05) is 71.6 Å². The van der Waals surface area contributed by atoms with Gasteiger partial charge in [0.1, 0.15) is 11.4 Å². The standard InChI is InChI=1S/C24H22N4O3S/c1-30-20-9-5-6-17(14-20)22-18(16-28(26-22)19-7-3-2-4-8-19)15-21-23(29)25-24(32-21)27-10-12-31-13-11-27/h2-9,14-16H,10-13H2,1H3. The van der Waals surface area contributed by atoms with Crippen molar-refractivity contribution in [3.63, 3.8) is 0 Å². The van der Waals surface area contributed by atoms with Crippen molar-refractivity contribution in [1.82, 2.24) is 14.7 Å². The number of methoxy groups -OCH3 is 1. The third-order valence-electron chi connectivity index (χ3n) is 5.28. The van der Waals surface area contributed by atoms with Gasteiger partial charge < -0.3 is 14.4 Å². The predicted molar refractivity (Wildman–Crippen MR) is 126 cm³/mol. The summed E-state index contributed by atoms with van der Waals surface area (Å²) in [5.74, 6) is 0.528. The van der Waals surface area contributed by atoms with Crippen LogP contribution >= 0.6 is 11.8 Å². The highest BCUT2D eigenvalue weighted by molar-refractivity contribution is 8.18. The summed E-state index contributed by atoms with van der Waals surface area (Å²) >= 11 is 1.41. The Balaban J connectivity index is 1.52. The van der Waals surface area contributed by atoms with Gasteiger partial charge in [0.15, 0.2) is 5.17 Å². The molecule has 0 saturated carbocycles. The Hall–Kier alpha value is -3.36. The van der Waals surface area contributed by atoms with E-state index in [0.717, 1.165) is 46.5 Å². The summed E-state index contributed by atoms with van der Waals surface area (Å²) in [6.45, 7) is 2.79. The summed E-state index contributed by atoms with van der Waals surface area (Å²) in [7, 11) is 1.64. The molecule has 3 heterocycles. The zero-order chi connectivity index (χ0) is 21.9. The molecule has 0 bridgehead atoms. The second kappa shape index (κ2) is 9.02. The van der Waals surface area contributed by atoms with Crippen molar-refractivity contribution in [2.45, 2.75) is 0 Å². The van der Waals surface area contributed by atoms with Gasteiger partial charge in [-0.3, -0.25) is 4.79 Å². The Morgan fingerprint density at radius 3 is 2.69 bits per heavy atom. The van der Waals surface area contributed by atoms with Gasteiger partial charge in [0.2, 0.25) is 0 Å². The van der Waals surface area contributed by atoms with Crippen LogP contribution < -0.4 is 4.74 Å². The van der Waals surface area contributed by atoms with Crippen LogP contribution in [0.2, 0.25) is 0 Å². The first-order valence-corrected chi connectivity index (χ1v) is 11.2. The van der Waals surface area contributed by atoms with Gasteiger partial charge in [-0.25, -0.2) is 4.68 Å². The number of carbonyl (C=O) groups is 1. The number of benzene rings is 2. The van der Waals surface area contributed by atoms with Crippen molar-refractivity contribution in [3.8, 4) is 22.7 Å². The number of morpholine rings is 1. The Morgan fingerprint density at radius 2 is 1.91 bits per heavy atom. The molecule has 7 nitrogen and oxygen atoms in total. The van der Waals surface area contributed by atoms with Crippen LogP contribution in [0.25, 0.3) is 23.0 Å². The first-order valence-electron chi connectivity index (χ1n) is 10.4. The average molecular weight is 447 g/mol. The van der Waals surface area contributed by atoms with Crippen LogP contribution in [0.3, 0.4) is 0 Å². The summed E-state index contributed by atoms with van der Waals surface area (Å²) in [5.41, 5.74) is 3.47. The molecule has 1 aromatic heterocycles. The Bertz CT molecular complexity index is 1200. The third-order valence-corrected chi connectivity index (χ3v) is 6.33. The fourth-order valence-electron chi connectivity index (χ4n) is 3.63. The number of hydrogen-bond acceptors (Lipinski definition) is 6. The minimum absolute atomic E-state index is 0.222. The Labute approximate surface area is 190 Å². The second-order valence-corrected chi connectivity index (χ2v) is 8.36. The molecule has 0 unspecified atom stereocenters. The zero-order valence-electron chi connectivity index (χ0n) is 17.6. The highest BCUT2D eigenvalue weighted by Gasteiger charge is 2.28. The number of aliphatic imine (C=N–C) groups is 1. The lowest BCUT2D eigenvalue weighted by Crippen LogP contribution is -2.38. The van der Waals surface area contributed by atoms with Gasteiger partial charge in [-0.2, -0.15) is 10.1 Å². The summed E-state index contributed by atoms with van der Waals surface area (Å²) < 4.78 is 12.6. The highest BCUT2D eigenvalue weighted by atomic mass is 32.2. The van der Waals surface area contributed by atoms with Crippen molar-refractivity contribution in [3.05, 3.63) is 71.3 Å². The number of aromatic nitrogens is 2. The van der Waals surface area contributed by atoms with Crippen molar-refractivity contribution in [1.29, 1.82) is 0 Å². The van der Waals surface area contributed by atoms with E-state index in [1.165, 1.54) is 11.8 Å². The molecule has 3 aromatic rings. The normalized spacial score (nSPS) is 17.7. The molecule has 0 radical (unpaired) electrons. The van der Waals surface area contributed by atoms with Crippen LogP contribution in [0.5, 0.6) is 5.75 Å². The number of amidine groups is 1. The lowest BCUT2D eigenvalue weighted by atomic mass is 10.1. The first-order chi connectivity index (χ1) is 15.7. The maximum atomic E-state index is 12.7. The smallest absolute Gasteiger partial charge is 0.286 e. The lowest BCUT2D eigenvalue weighted by molar-refractivity contribution is -0.113. The van der Waals surface area contributed by atoms with E-state index < -0.39 is 0 Å². The van der Waals surface area contributed by atoms with Crippen LogP contribution in [0.15, 0.2) is 70.7 Å². The van der Waals surface area contributed by atoms with Gasteiger partial charge in [0.25, 0.3) is 5.91 Å². The largest absolute Gasteiger partial charge is 0.497 e. The highest BCUT2D eigenvalue weighted by Crippen LogP contribution is 2.34. The van der Waals surface area contributed by atoms with Gasteiger partial charge in [-0.15, -0.1) is 0 Å². The average Bonchev–Trinajstić information content (AvgIpc) is 3.44. The number of hydrogen-bond donors (Lipinski definition) is 0. The predicted octanol–water partition coefficient (Wildman–Crippen LogP) is 3.85. The molecular weight excluding hydrogens is 424 g/mol. The molecule has 2 aliphatic rings. The number of rotatable bonds is 4. The Kier molecular flexibility index (Phi) is 5.79. The quantitative estimate of drug-likeness (QED) is 0.567. The van der Waals surface area contributed by atoms with E-state index in [-0.39, 0.29) is 5.91 Å². The van der Waals surface area contributed by atoms with Gasteiger partial charge in [-0.05, 0) is 42.1 Å². The van der Waals surface area contributed by atoms with Crippen LogP contribution in [-0.2, 0) is 9.53 Å². The molecule has 8 heteroatoms. The fraction of sp³-hybridized carbons (Fsp3) is 0.208. The van der Waals surface area contributed by atoms with Crippen LogP contribution in [0.4, 0.5) is 0 Å². The summed E-state index contributed by atoms with van der Waals surface area (Å²) in [6, 6.07) is 17.7. The first kappa shape index (κ1) is 20.5. The summed E-state index contributed by atoms with van der Waals surface area (Å²) in [4.78, 5) is 19.6. The second-order valence-electron chi connectivity index (χ2n) is 7.35. The molecular formula is C24H22N4O3S. The zero-order valence-corrected chi connectivity index (χ0v) is 18.4. The van der Waals surface area contributed by atoms with Crippen LogP contribution in [0.1, 0.15) is 5.56 Å². The molecule has 32 heavy (non-hydrogen) atoms. The number of amides is 1. The number of nitrogens with zero attached hydrogens (tertiary/aromatic N) is 4. The number of ether oxygens (including phenoxy) is 2. The molecule has 5 rings (SSSR count). The van der Waals surface area contributed by atoms with Gasteiger partial charge in [0.05, 0.1) is 30.9 Å². The van der Waals surface area contributed by atoms with Gasteiger partial charge in [0, 0.05) is 30.4 Å². The minimum atomic E-state index is -0.222. The SMILES string of the molecule is COc1cccc(-c2nn(-c3ccccc3)cc2C=C2SC(N3CCOCC3)=NC2=O)c1. The van der Waals surface area contributed by atoms with E-state index in [0.29, 0.717) is 18.1 Å². The van der Waals surface area contributed by atoms with Crippen molar-refractivity contribution >= 4 is 28.9 Å². The van der Waals surface area contributed by atoms with E-state index in [2.05, 4.69) is 9.89 Å². The molecule has 1 saturated heterocycles. The topological polar surface area (TPSA) is 68.9 Å². The van der Waals surface area contributed by atoms with Gasteiger partial charge in [-0.1, -0.05) is 30.3 Å². The van der Waals surface area contributed by atoms with Crippen molar-refractivity contribution < 1.29 is 14.3 Å². The molecule has 1 fully saturated rings. The molecule has 0 N–H and O–H groups in total.